The smallest absolute Gasteiger partial charge is 0.257 e. The number of aromatic nitrogens is 1. The summed E-state index contributed by atoms with van der Waals surface area (Å²) in [4.78, 5) is 17.1. The molecule has 7 nitrogen and oxygen atoms in total. The molecule has 0 radical (unpaired) electrons. The van der Waals surface area contributed by atoms with Crippen molar-refractivity contribution in [1.29, 1.82) is 0 Å². The highest BCUT2D eigenvalue weighted by molar-refractivity contribution is 8.00. The molecule has 9 heteroatoms. The molecule has 1 fully saturated rings. The van der Waals surface area contributed by atoms with Crippen molar-refractivity contribution in [3.8, 4) is 0 Å². The van der Waals surface area contributed by atoms with Crippen molar-refractivity contribution < 1.29 is 17.6 Å². The van der Waals surface area contributed by atoms with Gasteiger partial charge in [0.05, 0.1) is 10.1 Å². The maximum Gasteiger partial charge on any atom is 0.257 e. The van der Waals surface area contributed by atoms with Crippen molar-refractivity contribution in [1.82, 2.24) is 14.6 Å². The summed E-state index contributed by atoms with van der Waals surface area (Å²) in [6.07, 6.45) is 10.8. The third-order valence-electron chi connectivity index (χ3n) is 6.07. The van der Waals surface area contributed by atoms with Crippen LogP contribution in [0, 0.1) is 0 Å². The molecule has 0 bridgehead atoms. The molecule has 1 aromatic heterocycles. The van der Waals surface area contributed by atoms with Gasteiger partial charge in [0, 0.05) is 19.6 Å². The summed E-state index contributed by atoms with van der Waals surface area (Å²) in [5, 5.41) is 3.00. The van der Waals surface area contributed by atoms with E-state index in [0.717, 1.165) is 38.5 Å². The average molecular weight is 478 g/mol. The first-order chi connectivity index (χ1) is 15.4. The summed E-state index contributed by atoms with van der Waals surface area (Å²) in [7, 11) is -3.52. The molecule has 174 valence electrons. The van der Waals surface area contributed by atoms with Crippen LogP contribution in [0.1, 0.15) is 58.3 Å². The number of hydrogen-bond donors (Lipinski definition) is 1. The highest BCUT2D eigenvalue weighted by Gasteiger charge is 2.27. The largest absolute Gasteiger partial charge is 0.431 e. The van der Waals surface area contributed by atoms with Gasteiger partial charge in [-0.1, -0.05) is 29.8 Å². The molecule has 1 aliphatic carbocycles. The van der Waals surface area contributed by atoms with Gasteiger partial charge < -0.3 is 9.73 Å². The van der Waals surface area contributed by atoms with Crippen LogP contribution < -0.4 is 5.32 Å². The first-order valence-electron chi connectivity index (χ1n) is 11.5. The van der Waals surface area contributed by atoms with E-state index in [0.29, 0.717) is 36.0 Å². The number of nitrogens with one attached hydrogen (secondary N) is 1. The van der Waals surface area contributed by atoms with Gasteiger partial charge in [-0.15, -0.1) is 0 Å². The fraction of sp³-hybridized carbons (Fsp3) is 0.565. The van der Waals surface area contributed by atoms with Crippen LogP contribution in [0.15, 0.2) is 44.4 Å². The number of oxazole rings is 1. The molecule has 0 spiro atoms. The third kappa shape index (κ3) is 5.55. The van der Waals surface area contributed by atoms with Crippen molar-refractivity contribution >= 4 is 38.8 Å². The highest BCUT2D eigenvalue weighted by atomic mass is 32.2. The van der Waals surface area contributed by atoms with Crippen molar-refractivity contribution in [2.24, 2.45) is 0 Å². The van der Waals surface area contributed by atoms with Gasteiger partial charge in [-0.25, -0.2) is 13.4 Å². The molecular weight excluding hydrogens is 446 g/mol. The Morgan fingerprint density at radius 2 is 2.03 bits per heavy atom. The van der Waals surface area contributed by atoms with Crippen LogP contribution in [0.2, 0.25) is 0 Å². The lowest BCUT2D eigenvalue weighted by Crippen LogP contribution is -2.35. The Balaban J connectivity index is 1.37. The number of fused-ring (bicyclic) bond motifs is 1. The van der Waals surface area contributed by atoms with E-state index in [4.69, 9.17) is 4.42 Å². The Kier molecular flexibility index (Phi) is 7.58. The van der Waals surface area contributed by atoms with E-state index < -0.39 is 10.0 Å². The number of rotatable bonds is 8. The molecule has 2 heterocycles. The maximum absolute atomic E-state index is 12.9. The summed E-state index contributed by atoms with van der Waals surface area (Å²) < 4.78 is 33.2. The van der Waals surface area contributed by atoms with E-state index in [-0.39, 0.29) is 16.1 Å². The van der Waals surface area contributed by atoms with Crippen LogP contribution in [0.3, 0.4) is 0 Å². The van der Waals surface area contributed by atoms with Crippen molar-refractivity contribution in [3.63, 3.8) is 0 Å². The second-order valence-corrected chi connectivity index (χ2v) is 11.7. The monoisotopic (exact) mass is 477 g/mol. The molecular formula is C23H31N3O4S2. The Hall–Kier alpha value is -1.84. The zero-order chi connectivity index (χ0) is 22.6. The van der Waals surface area contributed by atoms with E-state index in [1.54, 1.807) is 22.5 Å². The molecule has 0 saturated carbocycles. The summed E-state index contributed by atoms with van der Waals surface area (Å²) >= 11 is 1.24. The molecule has 1 atom stereocenters. The Morgan fingerprint density at radius 3 is 2.78 bits per heavy atom. The molecule has 1 unspecified atom stereocenters. The fourth-order valence-corrected chi connectivity index (χ4v) is 6.50. The van der Waals surface area contributed by atoms with Crippen LogP contribution in [0.25, 0.3) is 11.1 Å². The van der Waals surface area contributed by atoms with Crippen LogP contribution >= 0.6 is 11.8 Å². The molecule has 1 aromatic carbocycles. The van der Waals surface area contributed by atoms with Crippen LogP contribution in [0.4, 0.5) is 0 Å². The van der Waals surface area contributed by atoms with Gasteiger partial charge in [0.2, 0.25) is 15.9 Å². The predicted octanol–water partition coefficient (Wildman–Crippen LogP) is 4.49. The van der Waals surface area contributed by atoms with Crippen LogP contribution in [-0.4, -0.2) is 48.5 Å². The number of amides is 1. The Labute approximate surface area is 194 Å². The first-order valence-corrected chi connectivity index (χ1v) is 13.8. The number of thioether (sulfide) groups is 1. The van der Waals surface area contributed by atoms with Gasteiger partial charge in [-0.2, -0.15) is 4.31 Å². The summed E-state index contributed by atoms with van der Waals surface area (Å²) in [6, 6.07) is 4.78. The van der Waals surface area contributed by atoms with Crippen LogP contribution in [-0.2, 0) is 14.8 Å². The number of hydrogen-bond acceptors (Lipinski definition) is 6. The Bertz CT molecular complexity index is 1090. The van der Waals surface area contributed by atoms with E-state index in [9.17, 15) is 13.2 Å². The quantitative estimate of drug-likeness (QED) is 0.445. The lowest BCUT2D eigenvalue weighted by atomic mass is 9.97. The maximum atomic E-state index is 12.9. The van der Waals surface area contributed by atoms with Crippen molar-refractivity contribution in [2.45, 2.75) is 73.7 Å². The normalized spacial score (nSPS) is 19.0. The molecule has 1 saturated heterocycles. The first kappa shape index (κ1) is 23.3. The minimum atomic E-state index is -3.52. The van der Waals surface area contributed by atoms with Gasteiger partial charge in [-0.3, -0.25) is 4.79 Å². The van der Waals surface area contributed by atoms with Gasteiger partial charge in [0.25, 0.3) is 5.22 Å². The Morgan fingerprint density at radius 1 is 1.22 bits per heavy atom. The zero-order valence-electron chi connectivity index (χ0n) is 18.5. The SMILES string of the molecule is CC(Sc1nc2cc(S(=O)(=O)N3CCCCC3)ccc2o1)C(=O)NCCC1=CCCCC1. The average Bonchev–Trinajstić information content (AvgIpc) is 3.21. The molecule has 4 rings (SSSR count). The van der Waals surface area contributed by atoms with E-state index in [1.807, 2.05) is 6.92 Å². The van der Waals surface area contributed by atoms with Gasteiger partial charge in [-0.05, 0) is 70.1 Å². The number of carbonyl (C=O) groups is 1. The molecule has 1 amide bonds. The van der Waals surface area contributed by atoms with Crippen LogP contribution in [0.5, 0.6) is 0 Å². The number of sulfonamides is 1. The zero-order valence-corrected chi connectivity index (χ0v) is 20.1. The molecule has 1 N–H and O–H groups in total. The summed E-state index contributed by atoms with van der Waals surface area (Å²) in [6.45, 7) is 3.58. The van der Waals surface area contributed by atoms with E-state index in [2.05, 4.69) is 16.4 Å². The third-order valence-corrected chi connectivity index (χ3v) is 8.91. The van der Waals surface area contributed by atoms with Gasteiger partial charge in [0.1, 0.15) is 5.52 Å². The predicted molar refractivity (Wildman–Crippen MR) is 126 cm³/mol. The number of piperidine rings is 1. The summed E-state index contributed by atoms with van der Waals surface area (Å²) in [5.41, 5.74) is 2.44. The second-order valence-electron chi connectivity index (χ2n) is 8.48. The standard InChI is InChI=1S/C23H31N3O4S2/c1-17(22(27)24-13-12-18-8-4-2-5-9-18)31-23-25-20-16-19(10-11-21(20)30-23)32(28,29)26-14-6-3-7-15-26/h8,10-11,16-17H,2-7,9,12-15H2,1H3,(H,24,27). The van der Waals surface area contributed by atoms with Gasteiger partial charge in [0.15, 0.2) is 5.58 Å². The minimum absolute atomic E-state index is 0.0537. The molecule has 32 heavy (non-hydrogen) atoms. The highest BCUT2D eigenvalue weighted by Crippen LogP contribution is 2.29. The summed E-state index contributed by atoms with van der Waals surface area (Å²) in [5.74, 6) is -0.0537. The molecule has 1 aliphatic heterocycles. The van der Waals surface area contributed by atoms with E-state index >= 15 is 0 Å². The number of carbonyl (C=O) groups excluding carboxylic acids is 1. The van der Waals surface area contributed by atoms with E-state index in [1.165, 1.54) is 30.2 Å². The number of benzene rings is 1. The lowest BCUT2D eigenvalue weighted by Gasteiger charge is -2.25. The molecule has 2 aromatic rings. The molecule has 2 aliphatic rings. The second kappa shape index (κ2) is 10.4. The lowest BCUT2D eigenvalue weighted by molar-refractivity contribution is -0.120. The fourth-order valence-electron chi connectivity index (χ4n) is 4.18. The number of allylic oxidation sites excluding steroid dienone is 1. The topological polar surface area (TPSA) is 92.5 Å². The minimum Gasteiger partial charge on any atom is -0.431 e. The van der Waals surface area contributed by atoms with Crippen molar-refractivity contribution in [3.05, 3.63) is 29.8 Å². The number of nitrogens with zero attached hydrogens (tertiary/aromatic N) is 2. The van der Waals surface area contributed by atoms with Gasteiger partial charge >= 0.3 is 0 Å². The van der Waals surface area contributed by atoms with Crippen molar-refractivity contribution in [2.75, 3.05) is 19.6 Å².